The highest BCUT2D eigenvalue weighted by atomic mass is 32.1. The maximum Gasteiger partial charge on any atom is 0.216 e. The fourth-order valence-electron chi connectivity index (χ4n) is 0.788. The Balaban J connectivity index is 4.99. The molecule has 0 radical (unpaired) electrons. The van der Waals surface area contributed by atoms with Gasteiger partial charge in [-0.2, -0.15) is 0 Å². The molecule has 0 atom stereocenters. The maximum atomic E-state index is 10.8. The van der Waals surface area contributed by atoms with E-state index in [4.69, 9.17) is 0 Å². The second kappa shape index (κ2) is 5.22. The number of hydrogen-bond acceptors (Lipinski definition) is 2. The molecule has 0 spiro atoms. The van der Waals surface area contributed by atoms with E-state index in [-0.39, 0.29) is 0 Å². The van der Waals surface area contributed by atoms with E-state index in [1.165, 1.54) is 0 Å². The lowest BCUT2D eigenvalue weighted by atomic mass is 10.1. The highest BCUT2D eigenvalue weighted by molar-refractivity contribution is 7.98. The lowest BCUT2D eigenvalue weighted by Gasteiger charge is -2.02. The summed E-state index contributed by atoms with van der Waals surface area (Å²) < 4.78 is 0. The quantitative estimate of drug-likeness (QED) is 0.415. The predicted molar refractivity (Wildman–Crippen MR) is 55.5 cm³/mol. The van der Waals surface area contributed by atoms with Crippen molar-refractivity contribution in [2.24, 2.45) is 0 Å². The van der Waals surface area contributed by atoms with E-state index >= 15 is 0 Å². The third kappa shape index (κ3) is 2.87. The molecule has 0 N–H and O–H groups in total. The lowest BCUT2D eigenvalue weighted by molar-refractivity contribution is -0.110. The summed E-state index contributed by atoms with van der Waals surface area (Å²) in [7, 11) is 0. The Morgan fingerprint density at radius 1 is 0.917 bits per heavy atom. The third-order valence-electron chi connectivity index (χ3n) is 1.33. The van der Waals surface area contributed by atoms with Gasteiger partial charge in [0.1, 0.15) is 0 Å². The normalized spacial score (nSPS) is 13.0. The van der Waals surface area contributed by atoms with Crippen LogP contribution in [0.4, 0.5) is 0 Å². The second-order valence-electron chi connectivity index (χ2n) is 2.02. The average molecular weight is 202 g/mol. The molecular weight excluding hydrogens is 192 g/mol. The third-order valence-corrected chi connectivity index (χ3v) is 1.81. The molecule has 0 saturated carbocycles. The zero-order valence-corrected chi connectivity index (χ0v) is 8.65. The molecule has 0 amide bonds. The van der Waals surface area contributed by atoms with Crippen LogP contribution in [0, 0.1) is 0 Å². The molecule has 4 heteroatoms. The summed E-state index contributed by atoms with van der Waals surface area (Å²) >= 11 is 7.25. The van der Waals surface area contributed by atoms with Crippen molar-refractivity contribution in [3.8, 4) is 0 Å². The smallest absolute Gasteiger partial charge is 0.216 e. The fraction of sp³-hybridized carbons (Fsp3) is 0.250. The van der Waals surface area contributed by atoms with Crippen LogP contribution >= 0.6 is 25.3 Å². The summed E-state index contributed by atoms with van der Waals surface area (Å²) in [5, 5.41) is -0.846. The van der Waals surface area contributed by atoms with Crippen molar-refractivity contribution in [1.82, 2.24) is 0 Å². The summed E-state index contributed by atoms with van der Waals surface area (Å²) in [4.78, 5) is 21.7. The molecule has 0 saturated heterocycles. The van der Waals surface area contributed by atoms with E-state index < -0.39 is 10.2 Å². The van der Waals surface area contributed by atoms with Gasteiger partial charge in [-0.3, -0.25) is 9.59 Å². The van der Waals surface area contributed by atoms with E-state index in [2.05, 4.69) is 25.3 Å². The van der Waals surface area contributed by atoms with E-state index in [0.717, 1.165) is 0 Å². The van der Waals surface area contributed by atoms with Gasteiger partial charge in [-0.15, -0.1) is 25.3 Å². The zero-order chi connectivity index (χ0) is 9.72. The number of carbonyl (C=O) groups is 2. The van der Waals surface area contributed by atoms with Crippen molar-refractivity contribution in [1.29, 1.82) is 0 Å². The van der Waals surface area contributed by atoms with Crippen molar-refractivity contribution in [2.75, 3.05) is 0 Å². The van der Waals surface area contributed by atoms with Gasteiger partial charge in [-0.25, -0.2) is 0 Å². The Morgan fingerprint density at radius 3 is 1.25 bits per heavy atom. The number of rotatable bonds is 3. The van der Waals surface area contributed by atoms with E-state index in [1.54, 1.807) is 26.0 Å². The standard InChI is InChI=1S/C8H10O2S2/c1-3-5(7(9)11)6(4-2)8(10)12/h3-4H,1-2H3,(H,9,11)(H,10,12)/b5-3+,6-4+. The first-order chi connectivity index (χ1) is 5.54. The number of thiol groups is 2. The monoisotopic (exact) mass is 202 g/mol. The Bertz CT molecular complexity index is 236. The van der Waals surface area contributed by atoms with Crippen LogP contribution in [-0.4, -0.2) is 10.2 Å². The Labute approximate surface area is 82.5 Å². The number of allylic oxidation sites excluding steroid dienone is 2. The van der Waals surface area contributed by atoms with Gasteiger partial charge in [0.25, 0.3) is 0 Å². The first-order valence-electron chi connectivity index (χ1n) is 3.34. The lowest BCUT2D eigenvalue weighted by Crippen LogP contribution is -2.03. The van der Waals surface area contributed by atoms with Crippen LogP contribution in [0.1, 0.15) is 13.8 Å². The highest BCUT2D eigenvalue weighted by Crippen LogP contribution is 2.15. The molecule has 0 fully saturated rings. The molecule has 0 aliphatic heterocycles. The minimum atomic E-state index is -0.423. The summed E-state index contributed by atoms with van der Waals surface area (Å²) in [6, 6.07) is 0. The Hall–Kier alpha value is -0.480. The molecule has 66 valence electrons. The van der Waals surface area contributed by atoms with Crippen LogP contribution < -0.4 is 0 Å². The van der Waals surface area contributed by atoms with Crippen LogP contribution in [0.3, 0.4) is 0 Å². The summed E-state index contributed by atoms with van der Waals surface area (Å²) in [5.41, 5.74) is 0.585. The fourth-order valence-corrected chi connectivity index (χ4v) is 1.29. The predicted octanol–water partition coefficient (Wildman–Crippen LogP) is 1.79. The molecule has 0 rings (SSSR count). The first kappa shape index (κ1) is 11.5. The van der Waals surface area contributed by atoms with Crippen LogP contribution in [0.15, 0.2) is 23.3 Å². The van der Waals surface area contributed by atoms with E-state index in [1.807, 2.05) is 0 Å². The highest BCUT2D eigenvalue weighted by Gasteiger charge is 2.13. The van der Waals surface area contributed by atoms with E-state index in [0.29, 0.717) is 11.1 Å². The minimum Gasteiger partial charge on any atom is -0.282 e. The van der Waals surface area contributed by atoms with Gasteiger partial charge in [-0.1, -0.05) is 12.2 Å². The molecule has 0 aliphatic rings. The number of hydrogen-bond donors (Lipinski definition) is 2. The van der Waals surface area contributed by atoms with Gasteiger partial charge in [-0.05, 0) is 13.8 Å². The Kier molecular flexibility index (Phi) is 5.01. The maximum absolute atomic E-state index is 10.8. The van der Waals surface area contributed by atoms with Crippen LogP contribution in [0.5, 0.6) is 0 Å². The SMILES string of the molecule is C/C=C(C(=O)S)\C(=C/C)C(=O)S. The van der Waals surface area contributed by atoms with Gasteiger partial charge in [0.2, 0.25) is 10.2 Å². The molecule has 0 aromatic heterocycles. The topological polar surface area (TPSA) is 34.1 Å². The van der Waals surface area contributed by atoms with Gasteiger partial charge in [0, 0.05) is 11.1 Å². The van der Waals surface area contributed by atoms with Crippen molar-refractivity contribution in [3.63, 3.8) is 0 Å². The summed E-state index contributed by atoms with van der Waals surface area (Å²) in [5.74, 6) is 0. The summed E-state index contributed by atoms with van der Waals surface area (Å²) in [6.07, 6.45) is 3.08. The first-order valence-corrected chi connectivity index (χ1v) is 4.23. The molecule has 0 heterocycles. The molecule has 0 aromatic rings. The average Bonchev–Trinajstić information content (AvgIpc) is 1.98. The minimum absolute atomic E-state index is 0.292. The number of carbonyl (C=O) groups excluding carboxylic acids is 2. The van der Waals surface area contributed by atoms with Crippen molar-refractivity contribution in [2.45, 2.75) is 13.8 Å². The van der Waals surface area contributed by atoms with Gasteiger partial charge >= 0.3 is 0 Å². The molecular formula is C8H10O2S2. The van der Waals surface area contributed by atoms with Crippen molar-refractivity contribution in [3.05, 3.63) is 23.3 Å². The molecule has 2 nitrogen and oxygen atoms in total. The largest absolute Gasteiger partial charge is 0.282 e. The van der Waals surface area contributed by atoms with Crippen molar-refractivity contribution >= 4 is 35.5 Å². The zero-order valence-electron chi connectivity index (χ0n) is 6.87. The van der Waals surface area contributed by atoms with Crippen LogP contribution in [0.25, 0.3) is 0 Å². The van der Waals surface area contributed by atoms with Gasteiger partial charge < -0.3 is 0 Å². The summed E-state index contributed by atoms with van der Waals surface area (Å²) in [6.45, 7) is 3.34. The van der Waals surface area contributed by atoms with Crippen molar-refractivity contribution < 1.29 is 9.59 Å². The molecule has 0 bridgehead atoms. The molecule has 0 aliphatic carbocycles. The van der Waals surface area contributed by atoms with Gasteiger partial charge in [0.05, 0.1) is 0 Å². The van der Waals surface area contributed by atoms with Crippen LogP contribution in [-0.2, 0) is 9.59 Å². The Morgan fingerprint density at radius 2 is 1.17 bits per heavy atom. The van der Waals surface area contributed by atoms with Crippen LogP contribution in [0.2, 0.25) is 0 Å². The molecule has 12 heavy (non-hydrogen) atoms. The molecule has 0 unspecified atom stereocenters. The van der Waals surface area contributed by atoms with E-state index in [9.17, 15) is 9.59 Å². The van der Waals surface area contributed by atoms with Gasteiger partial charge in [0.15, 0.2) is 0 Å². The second-order valence-corrected chi connectivity index (χ2v) is 2.83. The molecule has 0 aromatic carbocycles.